The van der Waals surface area contributed by atoms with Gasteiger partial charge in [0.1, 0.15) is 5.15 Å². The Morgan fingerprint density at radius 2 is 2.33 bits per heavy atom. The minimum absolute atomic E-state index is 0.217. The summed E-state index contributed by atoms with van der Waals surface area (Å²) in [5.41, 5.74) is 1.83. The topological polar surface area (TPSA) is 60.9 Å². The fourth-order valence-electron chi connectivity index (χ4n) is 2.15. The second kappa shape index (κ2) is 4.23. The van der Waals surface area contributed by atoms with Gasteiger partial charge in [-0.15, -0.1) is 0 Å². The van der Waals surface area contributed by atoms with E-state index in [4.69, 9.17) is 11.6 Å². The van der Waals surface area contributed by atoms with Crippen molar-refractivity contribution in [2.24, 2.45) is 0 Å². The molecule has 18 heavy (non-hydrogen) atoms. The first-order valence-electron chi connectivity index (χ1n) is 6.15. The number of benzene rings is 1. The molecule has 1 saturated carbocycles. The van der Waals surface area contributed by atoms with Crippen molar-refractivity contribution in [3.05, 3.63) is 28.9 Å². The summed E-state index contributed by atoms with van der Waals surface area (Å²) in [7, 11) is 0. The zero-order valence-electron chi connectivity index (χ0n) is 10.2. The van der Waals surface area contributed by atoms with E-state index in [0.29, 0.717) is 11.7 Å². The molecule has 0 amide bonds. The van der Waals surface area contributed by atoms with Crippen LogP contribution in [0.15, 0.2) is 18.2 Å². The summed E-state index contributed by atoms with van der Waals surface area (Å²) >= 11 is 6.07. The van der Waals surface area contributed by atoms with Gasteiger partial charge in [-0.25, -0.2) is 0 Å². The molecule has 1 heterocycles. The van der Waals surface area contributed by atoms with Crippen LogP contribution in [-0.4, -0.2) is 27.4 Å². The van der Waals surface area contributed by atoms with Crippen molar-refractivity contribution in [3.63, 3.8) is 0 Å². The molecule has 3 N–H and O–H groups in total. The van der Waals surface area contributed by atoms with Crippen LogP contribution in [0.5, 0.6) is 0 Å². The lowest BCUT2D eigenvalue weighted by Crippen LogP contribution is -2.32. The summed E-state index contributed by atoms with van der Waals surface area (Å²) in [5.74, 6) is 0. The zero-order chi connectivity index (χ0) is 12.8. The number of aromatic amines is 1. The summed E-state index contributed by atoms with van der Waals surface area (Å²) in [6.07, 6.45) is 1.79. The van der Waals surface area contributed by atoms with Crippen molar-refractivity contribution in [1.82, 2.24) is 15.5 Å². The molecule has 0 saturated heterocycles. The maximum absolute atomic E-state index is 10.3. The van der Waals surface area contributed by atoms with Crippen molar-refractivity contribution in [1.29, 1.82) is 0 Å². The lowest BCUT2D eigenvalue weighted by molar-refractivity contribution is 0.170. The van der Waals surface area contributed by atoms with Crippen LogP contribution in [-0.2, 0) is 0 Å². The Morgan fingerprint density at radius 1 is 1.56 bits per heavy atom. The summed E-state index contributed by atoms with van der Waals surface area (Å²) in [5, 5.41) is 21.8. The number of hydrogen-bond donors (Lipinski definition) is 3. The Bertz CT molecular complexity index is 577. The van der Waals surface area contributed by atoms with Gasteiger partial charge in [0.2, 0.25) is 0 Å². The predicted octanol–water partition coefficient (Wildman–Crippen LogP) is 2.39. The highest BCUT2D eigenvalue weighted by atomic mass is 35.5. The maximum atomic E-state index is 10.3. The van der Waals surface area contributed by atoms with E-state index in [2.05, 4.69) is 22.4 Å². The molecular formula is C13H16ClN3O. The van der Waals surface area contributed by atoms with Crippen LogP contribution in [0.4, 0.5) is 0 Å². The van der Waals surface area contributed by atoms with Crippen molar-refractivity contribution in [2.75, 3.05) is 6.54 Å². The zero-order valence-corrected chi connectivity index (χ0v) is 11.0. The number of hydrogen-bond acceptors (Lipinski definition) is 3. The number of fused-ring (bicyclic) bond motifs is 1. The summed E-state index contributed by atoms with van der Waals surface area (Å²) in [6, 6.07) is 5.66. The fourth-order valence-corrected chi connectivity index (χ4v) is 2.40. The third kappa shape index (κ3) is 2.11. The molecule has 1 fully saturated rings. The third-order valence-corrected chi connectivity index (χ3v) is 3.92. The molecule has 2 aromatic rings. The number of β-amino-alcohol motifs (C(OH)–C–C–N with tert-alkyl or cyclic N) is 1. The Morgan fingerprint density at radius 3 is 3.06 bits per heavy atom. The monoisotopic (exact) mass is 265 g/mol. The van der Waals surface area contributed by atoms with Crippen LogP contribution in [0.1, 0.15) is 31.4 Å². The smallest absolute Gasteiger partial charge is 0.132 e. The van der Waals surface area contributed by atoms with Crippen LogP contribution >= 0.6 is 11.6 Å². The Kier molecular flexibility index (Phi) is 2.81. The van der Waals surface area contributed by atoms with Gasteiger partial charge in [-0.2, -0.15) is 5.10 Å². The lowest BCUT2D eigenvalue weighted by Gasteiger charge is -2.17. The van der Waals surface area contributed by atoms with Gasteiger partial charge in [0.15, 0.2) is 0 Å². The second-order valence-electron chi connectivity index (χ2n) is 5.24. The molecule has 1 aliphatic rings. The molecule has 0 bridgehead atoms. The van der Waals surface area contributed by atoms with Crippen LogP contribution in [0.25, 0.3) is 10.9 Å². The van der Waals surface area contributed by atoms with Gasteiger partial charge in [-0.3, -0.25) is 5.10 Å². The van der Waals surface area contributed by atoms with Crippen molar-refractivity contribution < 1.29 is 5.11 Å². The molecule has 0 spiro atoms. The number of halogens is 1. The normalized spacial score (nSPS) is 19.1. The third-order valence-electron chi connectivity index (χ3n) is 3.65. The van der Waals surface area contributed by atoms with Crippen LogP contribution in [0.3, 0.4) is 0 Å². The Hall–Kier alpha value is -1.10. The minimum atomic E-state index is -0.568. The largest absolute Gasteiger partial charge is 0.387 e. The van der Waals surface area contributed by atoms with Crippen LogP contribution in [0, 0.1) is 0 Å². The molecule has 1 aliphatic carbocycles. The number of aromatic nitrogens is 2. The first kappa shape index (κ1) is 12.0. The molecule has 5 heteroatoms. The molecule has 1 atom stereocenters. The lowest BCUT2D eigenvalue weighted by atomic mass is 10.0. The van der Waals surface area contributed by atoms with E-state index in [0.717, 1.165) is 16.5 Å². The average molecular weight is 266 g/mol. The number of rotatable bonds is 4. The number of H-pyrrole nitrogens is 1. The molecule has 96 valence electrons. The molecule has 1 aromatic heterocycles. The van der Waals surface area contributed by atoms with E-state index in [9.17, 15) is 5.11 Å². The predicted molar refractivity (Wildman–Crippen MR) is 71.7 cm³/mol. The summed E-state index contributed by atoms with van der Waals surface area (Å²) in [4.78, 5) is 0. The average Bonchev–Trinajstić information content (AvgIpc) is 2.99. The summed E-state index contributed by atoms with van der Waals surface area (Å²) < 4.78 is 0. The molecule has 3 rings (SSSR count). The van der Waals surface area contributed by atoms with Crippen molar-refractivity contribution in [3.8, 4) is 0 Å². The molecule has 0 radical (unpaired) electrons. The second-order valence-corrected chi connectivity index (χ2v) is 5.61. The van der Waals surface area contributed by atoms with E-state index in [1.54, 1.807) is 0 Å². The van der Waals surface area contributed by atoms with E-state index in [1.165, 1.54) is 12.8 Å². The molecular weight excluding hydrogens is 250 g/mol. The van der Waals surface area contributed by atoms with E-state index < -0.39 is 6.10 Å². The van der Waals surface area contributed by atoms with Gasteiger partial charge in [-0.05, 0) is 31.4 Å². The van der Waals surface area contributed by atoms with Gasteiger partial charge >= 0.3 is 0 Å². The minimum Gasteiger partial charge on any atom is -0.387 e. The highest BCUT2D eigenvalue weighted by Gasteiger charge is 2.37. The SMILES string of the molecule is CC1(NC[C@H](O)c2cccc3n[nH]c(Cl)c23)CC1. The number of aliphatic hydroxyl groups is 1. The molecule has 4 nitrogen and oxygen atoms in total. The fraction of sp³-hybridized carbons (Fsp3) is 0.462. The first-order valence-corrected chi connectivity index (χ1v) is 6.52. The molecule has 0 unspecified atom stereocenters. The quantitative estimate of drug-likeness (QED) is 0.796. The maximum Gasteiger partial charge on any atom is 0.132 e. The van der Waals surface area contributed by atoms with Crippen molar-refractivity contribution in [2.45, 2.75) is 31.4 Å². The van der Waals surface area contributed by atoms with Gasteiger partial charge in [0.05, 0.1) is 11.6 Å². The van der Waals surface area contributed by atoms with Gasteiger partial charge in [-0.1, -0.05) is 23.7 Å². The van der Waals surface area contributed by atoms with Crippen molar-refractivity contribution >= 4 is 22.5 Å². The van der Waals surface area contributed by atoms with E-state index >= 15 is 0 Å². The number of aliphatic hydroxyl groups excluding tert-OH is 1. The summed E-state index contributed by atoms with van der Waals surface area (Å²) in [6.45, 7) is 2.71. The van der Waals surface area contributed by atoms with Gasteiger partial charge in [0, 0.05) is 17.5 Å². The highest BCUT2D eigenvalue weighted by molar-refractivity contribution is 6.34. The Balaban J connectivity index is 1.86. The Labute approximate surface area is 110 Å². The van der Waals surface area contributed by atoms with E-state index in [1.807, 2.05) is 18.2 Å². The highest BCUT2D eigenvalue weighted by Crippen LogP contribution is 2.35. The standard InChI is InChI=1S/C13H16ClN3O/c1-13(5-6-13)15-7-10(18)8-3-2-4-9-11(8)12(14)17-16-9/h2-4,10,15,18H,5-7H2,1H3,(H,16,17)/t10-/m0/s1. The van der Waals surface area contributed by atoms with Crippen LogP contribution < -0.4 is 5.32 Å². The van der Waals surface area contributed by atoms with Gasteiger partial charge < -0.3 is 10.4 Å². The number of nitrogens with one attached hydrogen (secondary N) is 2. The molecule has 0 aliphatic heterocycles. The number of nitrogens with zero attached hydrogens (tertiary/aromatic N) is 1. The van der Waals surface area contributed by atoms with Crippen LogP contribution in [0.2, 0.25) is 5.15 Å². The van der Waals surface area contributed by atoms with Gasteiger partial charge in [0.25, 0.3) is 0 Å². The van der Waals surface area contributed by atoms with E-state index in [-0.39, 0.29) is 5.54 Å². The first-order chi connectivity index (χ1) is 8.59. The molecule has 1 aromatic carbocycles.